The van der Waals surface area contributed by atoms with Gasteiger partial charge in [0.1, 0.15) is 0 Å². The molecular formula is C25H35ClO7. The van der Waals surface area contributed by atoms with Gasteiger partial charge in [0.25, 0.3) is 0 Å². The first-order valence-corrected chi connectivity index (χ1v) is 12.7. The number of aliphatic hydroxyl groups is 1. The fraction of sp³-hybridized carbons (Fsp3) is 0.800. The molecule has 0 radical (unpaired) electrons. The molecule has 1 N–H and O–H groups in total. The second-order valence-electron chi connectivity index (χ2n) is 10.7. The number of hydrogen-bond acceptors (Lipinski definition) is 7. The van der Waals surface area contributed by atoms with E-state index in [0.717, 1.165) is 24.8 Å². The van der Waals surface area contributed by atoms with Crippen LogP contribution in [0.5, 0.6) is 0 Å². The number of esters is 1. The van der Waals surface area contributed by atoms with Gasteiger partial charge < -0.3 is 19.3 Å². The van der Waals surface area contributed by atoms with E-state index in [9.17, 15) is 19.5 Å². The average molecular weight is 483 g/mol. The van der Waals surface area contributed by atoms with E-state index in [1.54, 1.807) is 6.08 Å². The van der Waals surface area contributed by atoms with Gasteiger partial charge >= 0.3 is 12.1 Å². The first-order valence-electron chi connectivity index (χ1n) is 12.1. The number of halogens is 1. The normalized spacial score (nSPS) is 41.8. The molecule has 0 spiro atoms. The third kappa shape index (κ3) is 3.70. The number of ether oxygens (including phenoxy) is 3. The van der Waals surface area contributed by atoms with Crippen molar-refractivity contribution in [3.63, 3.8) is 0 Å². The Morgan fingerprint density at radius 1 is 1.18 bits per heavy atom. The Hall–Kier alpha value is -1.60. The number of rotatable bonds is 5. The summed E-state index contributed by atoms with van der Waals surface area (Å²) in [6.45, 7) is 6.18. The minimum atomic E-state index is -1.55. The second-order valence-corrected chi connectivity index (χ2v) is 10.9. The molecule has 0 aromatic rings. The number of carbonyl (C=O) groups is 3. The number of aliphatic hydroxyl groups excluding tert-OH is 1. The standard InChI is InChI=1S/C25H35ClO7/c1-4-11-31-22(30)33-25(21(29)32-14-26)10-8-18-17-6-5-15-12-16(27)7-9-23(15,2)20(17)19(28)13-24(18,25)3/h12,17-20,28H,4-11,13-14H2,1-3H3/t17-,18-,19?,20-,23-,24-,25?/m0/s1. The minimum Gasteiger partial charge on any atom is -0.446 e. The number of ketones is 1. The van der Waals surface area contributed by atoms with Gasteiger partial charge in [0, 0.05) is 11.8 Å². The van der Waals surface area contributed by atoms with E-state index >= 15 is 0 Å². The SMILES string of the molecule is CCCOC(=O)OC1(C(=O)OCCl)CC[C@H]2[C@@H]3CCC4=CC(=O)CC[C@]4(C)[C@@H]3C(O)C[C@@]21C. The van der Waals surface area contributed by atoms with Gasteiger partial charge in [0.15, 0.2) is 11.8 Å². The van der Waals surface area contributed by atoms with Crippen LogP contribution in [0.2, 0.25) is 0 Å². The van der Waals surface area contributed by atoms with Crippen molar-refractivity contribution in [2.24, 2.45) is 28.6 Å². The third-order valence-corrected chi connectivity index (χ3v) is 9.32. The van der Waals surface area contributed by atoms with E-state index < -0.39 is 29.2 Å². The molecule has 7 nitrogen and oxygen atoms in total. The Bertz CT molecular complexity index is 856. The first-order chi connectivity index (χ1) is 15.6. The van der Waals surface area contributed by atoms with Gasteiger partial charge in [-0.3, -0.25) is 4.79 Å². The minimum absolute atomic E-state index is 0.00411. The van der Waals surface area contributed by atoms with E-state index in [1.807, 2.05) is 13.8 Å². The van der Waals surface area contributed by atoms with E-state index in [1.165, 1.54) is 0 Å². The third-order valence-electron chi connectivity index (χ3n) is 9.21. The van der Waals surface area contributed by atoms with E-state index in [-0.39, 0.29) is 41.6 Å². The van der Waals surface area contributed by atoms with Crippen molar-refractivity contribution in [2.75, 3.05) is 12.7 Å². The van der Waals surface area contributed by atoms with Crippen LogP contribution in [0.4, 0.5) is 4.79 Å². The Balaban J connectivity index is 1.70. The lowest BCUT2D eigenvalue weighted by Crippen LogP contribution is -2.63. The lowest BCUT2D eigenvalue weighted by molar-refractivity contribution is -0.202. The maximum atomic E-state index is 13.3. The fourth-order valence-corrected chi connectivity index (χ4v) is 7.84. The van der Waals surface area contributed by atoms with Crippen molar-refractivity contribution in [3.05, 3.63) is 11.6 Å². The molecule has 0 amide bonds. The summed E-state index contributed by atoms with van der Waals surface area (Å²) >= 11 is 5.73. The topological polar surface area (TPSA) is 99.1 Å². The number of alkyl halides is 1. The van der Waals surface area contributed by atoms with Gasteiger partial charge in [-0.1, -0.05) is 37.9 Å². The van der Waals surface area contributed by atoms with Crippen LogP contribution in [0.1, 0.15) is 72.1 Å². The van der Waals surface area contributed by atoms with Gasteiger partial charge in [-0.2, -0.15) is 0 Å². The molecule has 4 aliphatic carbocycles. The van der Waals surface area contributed by atoms with E-state index in [0.29, 0.717) is 32.1 Å². The van der Waals surface area contributed by atoms with Crippen molar-refractivity contribution in [1.82, 2.24) is 0 Å². The summed E-state index contributed by atoms with van der Waals surface area (Å²) in [5.74, 6) is -0.305. The number of fused-ring (bicyclic) bond motifs is 5. The van der Waals surface area contributed by atoms with Crippen LogP contribution in [-0.2, 0) is 23.8 Å². The highest BCUT2D eigenvalue weighted by atomic mass is 35.5. The molecule has 184 valence electrons. The maximum absolute atomic E-state index is 13.3. The maximum Gasteiger partial charge on any atom is 0.509 e. The van der Waals surface area contributed by atoms with Gasteiger partial charge in [-0.25, -0.2) is 9.59 Å². The summed E-state index contributed by atoms with van der Waals surface area (Å²) < 4.78 is 16.2. The van der Waals surface area contributed by atoms with Crippen LogP contribution in [0, 0.1) is 28.6 Å². The summed E-state index contributed by atoms with van der Waals surface area (Å²) in [6, 6.07) is -0.344. The predicted octanol–water partition coefficient (Wildman–Crippen LogP) is 4.53. The van der Waals surface area contributed by atoms with E-state index in [4.69, 9.17) is 25.8 Å². The van der Waals surface area contributed by atoms with Crippen molar-refractivity contribution in [1.29, 1.82) is 0 Å². The molecule has 0 aromatic carbocycles. The summed E-state index contributed by atoms with van der Waals surface area (Å²) in [4.78, 5) is 37.9. The van der Waals surface area contributed by atoms with Crippen molar-refractivity contribution in [3.8, 4) is 0 Å². The molecule has 8 heteroatoms. The number of allylic oxidation sites excluding steroid dienone is 1. The fourth-order valence-electron chi connectivity index (χ4n) is 7.74. The van der Waals surface area contributed by atoms with Gasteiger partial charge in [0.05, 0.1) is 12.7 Å². The lowest BCUT2D eigenvalue weighted by atomic mass is 9.45. The van der Waals surface area contributed by atoms with Gasteiger partial charge in [-0.15, -0.1) is 0 Å². The molecule has 0 bridgehead atoms. The Morgan fingerprint density at radius 2 is 1.94 bits per heavy atom. The van der Waals surface area contributed by atoms with Gasteiger partial charge in [0.2, 0.25) is 5.60 Å². The molecule has 4 rings (SSSR count). The Kier molecular flexibility index (Phi) is 6.60. The molecule has 0 heterocycles. The second kappa shape index (κ2) is 8.88. The molecule has 0 aromatic heterocycles. The van der Waals surface area contributed by atoms with Crippen molar-refractivity contribution >= 4 is 29.5 Å². The van der Waals surface area contributed by atoms with Crippen molar-refractivity contribution in [2.45, 2.75) is 83.8 Å². The Morgan fingerprint density at radius 3 is 2.64 bits per heavy atom. The smallest absolute Gasteiger partial charge is 0.446 e. The molecule has 0 aliphatic heterocycles. The average Bonchev–Trinajstić information content (AvgIpc) is 3.05. The largest absolute Gasteiger partial charge is 0.509 e. The van der Waals surface area contributed by atoms with Crippen LogP contribution in [-0.4, -0.2) is 47.4 Å². The summed E-state index contributed by atoms with van der Waals surface area (Å²) in [5.41, 5.74) is -1.46. The van der Waals surface area contributed by atoms with Crippen LogP contribution in [0.3, 0.4) is 0 Å². The lowest BCUT2D eigenvalue weighted by Gasteiger charge is -2.60. The highest BCUT2D eigenvalue weighted by molar-refractivity contribution is 6.17. The van der Waals surface area contributed by atoms with Gasteiger partial charge in [-0.05, 0) is 74.2 Å². The summed E-state index contributed by atoms with van der Waals surface area (Å²) in [5, 5.41) is 11.5. The van der Waals surface area contributed by atoms with E-state index in [2.05, 4.69) is 6.92 Å². The number of carbonyl (C=O) groups excluding carboxylic acids is 3. The van der Waals surface area contributed by atoms with Crippen LogP contribution in [0.25, 0.3) is 0 Å². The zero-order valence-corrected chi connectivity index (χ0v) is 20.5. The predicted molar refractivity (Wildman–Crippen MR) is 120 cm³/mol. The molecule has 0 saturated heterocycles. The molecule has 2 unspecified atom stereocenters. The molecule has 3 saturated carbocycles. The summed E-state index contributed by atoms with van der Waals surface area (Å²) in [6.07, 6.45) is 4.98. The molecule has 33 heavy (non-hydrogen) atoms. The van der Waals surface area contributed by atoms with Crippen LogP contribution in [0.15, 0.2) is 11.6 Å². The highest BCUT2D eigenvalue weighted by Crippen LogP contribution is 2.68. The van der Waals surface area contributed by atoms with Crippen LogP contribution >= 0.6 is 11.6 Å². The molecular weight excluding hydrogens is 448 g/mol. The number of hydrogen-bond donors (Lipinski definition) is 1. The molecule has 3 fully saturated rings. The first kappa shape index (κ1) is 24.5. The zero-order valence-electron chi connectivity index (χ0n) is 19.7. The zero-order chi connectivity index (χ0) is 24.0. The molecule has 7 atom stereocenters. The molecule has 4 aliphatic rings. The van der Waals surface area contributed by atoms with Crippen LogP contribution < -0.4 is 0 Å². The quantitative estimate of drug-likeness (QED) is 0.454. The van der Waals surface area contributed by atoms with Crippen molar-refractivity contribution < 1.29 is 33.7 Å². The summed E-state index contributed by atoms with van der Waals surface area (Å²) in [7, 11) is 0. The highest BCUT2D eigenvalue weighted by Gasteiger charge is 2.71. The Labute approximate surface area is 200 Å². The monoisotopic (exact) mass is 482 g/mol.